The van der Waals surface area contributed by atoms with E-state index in [0.717, 1.165) is 19.4 Å². The summed E-state index contributed by atoms with van der Waals surface area (Å²) in [5.74, 6) is 0.449. The van der Waals surface area contributed by atoms with Gasteiger partial charge in [-0.25, -0.2) is 0 Å². The fourth-order valence-electron chi connectivity index (χ4n) is 2.17. The summed E-state index contributed by atoms with van der Waals surface area (Å²) in [6.45, 7) is 1.26. The lowest BCUT2D eigenvalue weighted by atomic mass is 10.1. The second-order valence-electron chi connectivity index (χ2n) is 5.08. The zero-order chi connectivity index (χ0) is 15.1. The molecule has 21 heavy (non-hydrogen) atoms. The number of aromatic hydroxyl groups is 2. The van der Waals surface area contributed by atoms with Crippen molar-refractivity contribution >= 4 is 0 Å². The molecule has 0 spiro atoms. The Balaban J connectivity index is 1.66. The number of aliphatic hydroxyl groups is 1. The van der Waals surface area contributed by atoms with Gasteiger partial charge in [0.1, 0.15) is 11.5 Å². The van der Waals surface area contributed by atoms with E-state index in [9.17, 15) is 15.3 Å². The monoisotopic (exact) mass is 287 g/mol. The van der Waals surface area contributed by atoms with Gasteiger partial charge in [-0.3, -0.25) is 0 Å². The van der Waals surface area contributed by atoms with Crippen molar-refractivity contribution in [1.29, 1.82) is 0 Å². The van der Waals surface area contributed by atoms with Crippen molar-refractivity contribution < 1.29 is 15.3 Å². The molecule has 0 aliphatic rings. The highest BCUT2D eigenvalue weighted by atomic mass is 16.3. The summed E-state index contributed by atoms with van der Waals surface area (Å²) in [5.41, 5.74) is 1.89. The first-order valence-electron chi connectivity index (χ1n) is 7.11. The van der Waals surface area contributed by atoms with Gasteiger partial charge < -0.3 is 20.6 Å². The molecule has 0 saturated carbocycles. The van der Waals surface area contributed by atoms with Gasteiger partial charge in [-0.2, -0.15) is 0 Å². The lowest BCUT2D eigenvalue weighted by Gasteiger charge is -2.12. The average molecular weight is 287 g/mol. The summed E-state index contributed by atoms with van der Waals surface area (Å²) in [6, 6.07) is 13.9. The van der Waals surface area contributed by atoms with Crippen molar-refractivity contribution in [1.82, 2.24) is 5.32 Å². The molecule has 4 heteroatoms. The molecule has 2 aromatic rings. The maximum atomic E-state index is 9.99. The lowest BCUT2D eigenvalue weighted by molar-refractivity contribution is 0.174. The van der Waals surface area contributed by atoms with Gasteiger partial charge >= 0.3 is 0 Å². The molecule has 4 N–H and O–H groups in total. The third-order valence-electron chi connectivity index (χ3n) is 3.35. The number of aryl methyl sites for hydroxylation is 1. The van der Waals surface area contributed by atoms with Crippen LogP contribution in [0.2, 0.25) is 0 Å². The minimum absolute atomic E-state index is 0.166. The molecule has 0 saturated heterocycles. The molecule has 0 amide bonds. The molecule has 1 atom stereocenters. The van der Waals surface area contributed by atoms with E-state index in [1.54, 1.807) is 36.4 Å². The molecule has 4 nitrogen and oxygen atoms in total. The van der Waals surface area contributed by atoms with Crippen LogP contribution in [0.1, 0.15) is 23.7 Å². The lowest BCUT2D eigenvalue weighted by Crippen LogP contribution is -2.22. The van der Waals surface area contributed by atoms with Crippen LogP contribution < -0.4 is 5.32 Å². The SMILES string of the molecule is Oc1ccc(CCCNC[C@H](O)c2cccc(O)c2)cc1. The predicted octanol–water partition coefficient (Wildman–Crippen LogP) is 2.35. The average Bonchev–Trinajstić information content (AvgIpc) is 2.48. The molecule has 2 aromatic carbocycles. The van der Waals surface area contributed by atoms with Crippen LogP contribution in [0.3, 0.4) is 0 Å². The van der Waals surface area contributed by atoms with Crippen LogP contribution in [0.5, 0.6) is 11.5 Å². The molecule has 0 aliphatic carbocycles. The first kappa shape index (κ1) is 15.4. The first-order chi connectivity index (χ1) is 10.1. The summed E-state index contributed by atoms with van der Waals surface area (Å²) in [5, 5.41) is 31.8. The van der Waals surface area contributed by atoms with E-state index in [1.165, 1.54) is 5.56 Å². The maximum Gasteiger partial charge on any atom is 0.115 e. The second kappa shape index (κ2) is 7.67. The number of hydrogen-bond acceptors (Lipinski definition) is 4. The van der Waals surface area contributed by atoms with E-state index >= 15 is 0 Å². The van der Waals surface area contributed by atoms with Crippen LogP contribution in [0.25, 0.3) is 0 Å². The largest absolute Gasteiger partial charge is 0.508 e. The molecule has 0 unspecified atom stereocenters. The Labute approximate surface area is 124 Å². The normalized spacial score (nSPS) is 12.2. The van der Waals surface area contributed by atoms with Crippen LogP contribution in [-0.2, 0) is 6.42 Å². The smallest absolute Gasteiger partial charge is 0.115 e. The summed E-state index contributed by atoms with van der Waals surface area (Å²) in [4.78, 5) is 0. The van der Waals surface area contributed by atoms with Crippen molar-refractivity contribution in [2.75, 3.05) is 13.1 Å². The fraction of sp³-hybridized carbons (Fsp3) is 0.294. The third kappa shape index (κ3) is 5.10. The molecule has 112 valence electrons. The van der Waals surface area contributed by atoms with Crippen LogP contribution in [0.15, 0.2) is 48.5 Å². The Hall–Kier alpha value is -2.04. The van der Waals surface area contributed by atoms with Crippen molar-refractivity contribution in [3.8, 4) is 11.5 Å². The number of nitrogens with one attached hydrogen (secondary N) is 1. The van der Waals surface area contributed by atoms with Crippen molar-refractivity contribution in [3.05, 3.63) is 59.7 Å². The zero-order valence-corrected chi connectivity index (χ0v) is 11.9. The molecule has 0 heterocycles. The van der Waals surface area contributed by atoms with Gasteiger partial charge in [0.2, 0.25) is 0 Å². The van der Waals surface area contributed by atoms with E-state index < -0.39 is 6.10 Å². The molecule has 0 aromatic heterocycles. The Bertz CT molecular complexity index is 554. The van der Waals surface area contributed by atoms with Gasteiger partial charge in [-0.1, -0.05) is 24.3 Å². The van der Waals surface area contributed by atoms with E-state index in [-0.39, 0.29) is 11.5 Å². The Morgan fingerprint density at radius 2 is 1.71 bits per heavy atom. The topological polar surface area (TPSA) is 72.7 Å². The number of phenols is 2. The second-order valence-corrected chi connectivity index (χ2v) is 5.08. The summed E-state index contributed by atoms with van der Waals surface area (Å²) in [7, 11) is 0. The minimum atomic E-state index is -0.620. The molecular weight excluding hydrogens is 266 g/mol. The molecule has 0 fully saturated rings. The standard InChI is InChI=1S/C17H21NO3/c19-15-8-6-13(7-9-15)3-2-10-18-12-17(21)14-4-1-5-16(20)11-14/h1,4-9,11,17-21H,2-3,10,12H2/t17-/m0/s1. The number of hydrogen-bond donors (Lipinski definition) is 4. The van der Waals surface area contributed by atoms with E-state index in [2.05, 4.69) is 5.32 Å². The number of phenolic OH excluding ortho intramolecular Hbond substituents is 2. The Morgan fingerprint density at radius 3 is 2.43 bits per heavy atom. The van der Waals surface area contributed by atoms with E-state index in [0.29, 0.717) is 12.1 Å². The number of aliphatic hydroxyl groups excluding tert-OH is 1. The van der Waals surface area contributed by atoms with Gasteiger partial charge in [0, 0.05) is 6.54 Å². The Morgan fingerprint density at radius 1 is 0.952 bits per heavy atom. The molecular formula is C17H21NO3. The van der Waals surface area contributed by atoms with Gasteiger partial charge in [0.05, 0.1) is 6.10 Å². The fourth-order valence-corrected chi connectivity index (χ4v) is 2.17. The summed E-state index contributed by atoms with van der Waals surface area (Å²) < 4.78 is 0. The van der Waals surface area contributed by atoms with Crippen LogP contribution in [0.4, 0.5) is 0 Å². The van der Waals surface area contributed by atoms with Crippen LogP contribution in [0, 0.1) is 0 Å². The highest BCUT2D eigenvalue weighted by molar-refractivity contribution is 5.28. The molecule has 0 aliphatic heterocycles. The van der Waals surface area contributed by atoms with E-state index in [1.807, 2.05) is 12.1 Å². The van der Waals surface area contributed by atoms with Crippen LogP contribution in [-0.4, -0.2) is 28.4 Å². The van der Waals surface area contributed by atoms with Gasteiger partial charge in [-0.05, 0) is 54.8 Å². The predicted molar refractivity (Wildman–Crippen MR) is 82.4 cm³/mol. The quantitative estimate of drug-likeness (QED) is 0.590. The highest BCUT2D eigenvalue weighted by Crippen LogP contribution is 2.17. The zero-order valence-electron chi connectivity index (χ0n) is 11.9. The van der Waals surface area contributed by atoms with E-state index in [4.69, 9.17) is 0 Å². The maximum absolute atomic E-state index is 9.99. The Kier molecular flexibility index (Phi) is 5.60. The van der Waals surface area contributed by atoms with Crippen molar-refractivity contribution in [2.45, 2.75) is 18.9 Å². The molecule has 0 bridgehead atoms. The molecule has 2 rings (SSSR count). The summed E-state index contributed by atoms with van der Waals surface area (Å²) in [6.07, 6.45) is 1.26. The first-order valence-corrected chi connectivity index (χ1v) is 7.11. The van der Waals surface area contributed by atoms with Crippen molar-refractivity contribution in [2.24, 2.45) is 0 Å². The third-order valence-corrected chi connectivity index (χ3v) is 3.35. The van der Waals surface area contributed by atoms with Gasteiger partial charge in [0.25, 0.3) is 0 Å². The van der Waals surface area contributed by atoms with Crippen molar-refractivity contribution in [3.63, 3.8) is 0 Å². The van der Waals surface area contributed by atoms with Gasteiger partial charge in [0.15, 0.2) is 0 Å². The minimum Gasteiger partial charge on any atom is -0.508 e. The van der Waals surface area contributed by atoms with Crippen LogP contribution >= 0.6 is 0 Å². The number of rotatable bonds is 7. The summed E-state index contributed by atoms with van der Waals surface area (Å²) >= 11 is 0. The van der Waals surface area contributed by atoms with Gasteiger partial charge in [-0.15, -0.1) is 0 Å². The molecule has 0 radical (unpaired) electrons. The highest BCUT2D eigenvalue weighted by Gasteiger charge is 2.07. The number of benzene rings is 2.